The van der Waals surface area contributed by atoms with Gasteiger partial charge in [-0.05, 0) is 23.8 Å². The summed E-state index contributed by atoms with van der Waals surface area (Å²) in [5.74, 6) is 0.0882. The maximum atomic E-state index is 12.5. The van der Waals surface area contributed by atoms with Crippen molar-refractivity contribution >= 4 is 27.7 Å². The van der Waals surface area contributed by atoms with Crippen LogP contribution in [0.25, 0.3) is 32.9 Å². The van der Waals surface area contributed by atoms with Gasteiger partial charge in [0.2, 0.25) is 0 Å². The molecule has 24 heavy (non-hydrogen) atoms. The van der Waals surface area contributed by atoms with Crippen LogP contribution in [0.3, 0.4) is 0 Å². The molecular weight excluding hydrogens is 300 g/mol. The number of phenols is 1. The van der Waals surface area contributed by atoms with Crippen LogP contribution in [0.1, 0.15) is 15.9 Å². The Bertz CT molecular complexity index is 1140. The third kappa shape index (κ3) is 1.65. The van der Waals surface area contributed by atoms with Crippen molar-refractivity contribution in [1.82, 2.24) is 10.3 Å². The van der Waals surface area contributed by atoms with Crippen LogP contribution in [0.4, 0.5) is 0 Å². The summed E-state index contributed by atoms with van der Waals surface area (Å²) < 4.78 is 0. The topological polar surface area (TPSA) is 65.1 Å². The molecule has 5 rings (SSSR count). The minimum Gasteiger partial charge on any atom is -0.507 e. The average Bonchev–Trinajstić information content (AvgIpc) is 3.15. The lowest BCUT2D eigenvalue weighted by Crippen LogP contribution is -2.13. The van der Waals surface area contributed by atoms with Crippen molar-refractivity contribution in [3.05, 3.63) is 65.7 Å². The minimum atomic E-state index is -0.0876. The molecule has 4 nitrogen and oxygen atoms in total. The summed E-state index contributed by atoms with van der Waals surface area (Å²) in [7, 11) is 0. The molecule has 3 N–H and O–H groups in total. The monoisotopic (exact) mass is 314 g/mol. The van der Waals surface area contributed by atoms with Crippen LogP contribution >= 0.6 is 0 Å². The molecule has 0 fully saturated rings. The van der Waals surface area contributed by atoms with Crippen LogP contribution < -0.4 is 5.32 Å². The summed E-state index contributed by atoms with van der Waals surface area (Å²) in [6, 6.07) is 17.2. The quantitative estimate of drug-likeness (QED) is 0.498. The number of carbonyl (C=O) groups is 1. The zero-order valence-corrected chi connectivity index (χ0v) is 12.8. The largest absolute Gasteiger partial charge is 0.507 e. The predicted molar refractivity (Wildman–Crippen MR) is 94.1 cm³/mol. The van der Waals surface area contributed by atoms with Gasteiger partial charge in [0.1, 0.15) is 5.75 Å². The Morgan fingerprint density at radius 3 is 2.58 bits per heavy atom. The molecule has 0 spiro atoms. The first-order chi connectivity index (χ1) is 11.7. The molecule has 2 heterocycles. The third-order valence-electron chi connectivity index (χ3n) is 4.74. The van der Waals surface area contributed by atoms with Crippen LogP contribution in [0.2, 0.25) is 0 Å². The summed E-state index contributed by atoms with van der Waals surface area (Å²) >= 11 is 0. The highest BCUT2D eigenvalue weighted by atomic mass is 16.3. The molecule has 0 radical (unpaired) electrons. The molecule has 1 aromatic heterocycles. The second-order valence-corrected chi connectivity index (χ2v) is 6.07. The number of amides is 1. The van der Waals surface area contributed by atoms with Gasteiger partial charge in [0.15, 0.2) is 0 Å². The highest BCUT2D eigenvalue weighted by molar-refractivity contribution is 6.17. The van der Waals surface area contributed by atoms with Gasteiger partial charge in [0, 0.05) is 39.5 Å². The lowest BCUT2D eigenvalue weighted by atomic mass is 9.93. The van der Waals surface area contributed by atoms with E-state index in [9.17, 15) is 9.90 Å². The Balaban J connectivity index is 1.96. The summed E-state index contributed by atoms with van der Waals surface area (Å²) in [5, 5.41) is 15.4. The van der Waals surface area contributed by atoms with E-state index in [1.165, 1.54) is 0 Å². The van der Waals surface area contributed by atoms with Crippen molar-refractivity contribution in [2.24, 2.45) is 0 Å². The molecule has 4 heteroatoms. The van der Waals surface area contributed by atoms with E-state index in [0.29, 0.717) is 17.7 Å². The van der Waals surface area contributed by atoms with Crippen molar-refractivity contribution in [2.75, 3.05) is 0 Å². The Hall–Kier alpha value is -3.27. The zero-order valence-electron chi connectivity index (χ0n) is 12.8. The summed E-state index contributed by atoms with van der Waals surface area (Å²) in [5.41, 5.74) is 5.11. The lowest BCUT2D eigenvalue weighted by Gasteiger charge is -2.10. The molecule has 0 saturated carbocycles. The zero-order chi connectivity index (χ0) is 16.3. The van der Waals surface area contributed by atoms with Crippen LogP contribution in [0, 0.1) is 0 Å². The molecule has 0 unspecified atom stereocenters. The highest BCUT2D eigenvalue weighted by Crippen LogP contribution is 2.40. The molecule has 116 valence electrons. The first-order valence-electron chi connectivity index (χ1n) is 7.87. The van der Waals surface area contributed by atoms with Gasteiger partial charge in [-0.2, -0.15) is 0 Å². The number of benzene rings is 3. The summed E-state index contributed by atoms with van der Waals surface area (Å²) in [6.07, 6.45) is 0. The van der Waals surface area contributed by atoms with Gasteiger partial charge in [-0.15, -0.1) is 0 Å². The van der Waals surface area contributed by atoms with Gasteiger partial charge in [0.25, 0.3) is 5.91 Å². The second-order valence-electron chi connectivity index (χ2n) is 6.07. The molecular formula is C20H14N2O2. The Morgan fingerprint density at radius 2 is 1.71 bits per heavy atom. The number of H-pyrrole nitrogens is 1. The van der Waals surface area contributed by atoms with Crippen molar-refractivity contribution in [1.29, 1.82) is 0 Å². The maximum absolute atomic E-state index is 12.5. The van der Waals surface area contributed by atoms with Gasteiger partial charge in [0.05, 0.1) is 5.56 Å². The normalized spacial score (nSPS) is 13.4. The van der Waals surface area contributed by atoms with E-state index in [1.807, 2.05) is 36.4 Å². The fourth-order valence-corrected chi connectivity index (χ4v) is 3.71. The van der Waals surface area contributed by atoms with Crippen LogP contribution in [0.15, 0.2) is 54.6 Å². The van der Waals surface area contributed by atoms with Crippen molar-refractivity contribution in [2.45, 2.75) is 6.54 Å². The fraction of sp³-hybridized carbons (Fsp3) is 0.0500. The average molecular weight is 314 g/mol. The summed E-state index contributed by atoms with van der Waals surface area (Å²) in [6.45, 7) is 0.508. The lowest BCUT2D eigenvalue weighted by molar-refractivity contribution is 0.0966. The minimum absolute atomic E-state index is 0.0876. The number of aromatic amines is 1. The molecule has 0 aliphatic carbocycles. The number of nitrogens with one attached hydrogen (secondary N) is 2. The number of phenolic OH excluding ortho intramolecular Hbond substituents is 1. The molecule has 0 bridgehead atoms. The van der Waals surface area contributed by atoms with Gasteiger partial charge in [-0.25, -0.2) is 0 Å². The number of aromatic hydroxyl groups is 1. The van der Waals surface area contributed by atoms with E-state index >= 15 is 0 Å². The molecule has 1 aliphatic rings. The van der Waals surface area contributed by atoms with Crippen LogP contribution in [-0.4, -0.2) is 16.0 Å². The SMILES string of the molecule is O=C1NCc2c1c(-c1ccccc1O)cc1[nH]c3ccccc3c21. The fourth-order valence-electron chi connectivity index (χ4n) is 3.71. The van der Waals surface area contributed by atoms with E-state index in [2.05, 4.69) is 16.4 Å². The number of para-hydroxylation sites is 2. The smallest absolute Gasteiger partial charge is 0.252 e. The van der Waals surface area contributed by atoms with E-state index in [1.54, 1.807) is 12.1 Å². The maximum Gasteiger partial charge on any atom is 0.252 e. The van der Waals surface area contributed by atoms with Crippen LogP contribution in [0.5, 0.6) is 5.75 Å². The van der Waals surface area contributed by atoms with E-state index in [-0.39, 0.29) is 11.7 Å². The van der Waals surface area contributed by atoms with Crippen molar-refractivity contribution in [3.8, 4) is 16.9 Å². The van der Waals surface area contributed by atoms with Gasteiger partial charge < -0.3 is 15.4 Å². The Kier molecular flexibility index (Phi) is 2.54. The van der Waals surface area contributed by atoms with E-state index in [4.69, 9.17) is 0 Å². The Morgan fingerprint density at radius 1 is 0.917 bits per heavy atom. The van der Waals surface area contributed by atoms with Gasteiger partial charge >= 0.3 is 0 Å². The van der Waals surface area contributed by atoms with Crippen LogP contribution in [-0.2, 0) is 6.54 Å². The molecule has 1 amide bonds. The third-order valence-corrected chi connectivity index (χ3v) is 4.74. The first kappa shape index (κ1) is 13.2. The predicted octanol–water partition coefficient (Wildman–Crippen LogP) is 3.94. The van der Waals surface area contributed by atoms with Crippen molar-refractivity contribution in [3.63, 3.8) is 0 Å². The van der Waals surface area contributed by atoms with Gasteiger partial charge in [-0.1, -0.05) is 36.4 Å². The molecule has 3 aromatic carbocycles. The number of rotatable bonds is 1. The second kappa shape index (κ2) is 4.61. The number of carbonyl (C=O) groups excluding carboxylic acids is 1. The van der Waals surface area contributed by atoms with E-state index < -0.39 is 0 Å². The molecule has 0 saturated heterocycles. The molecule has 4 aromatic rings. The number of hydrogen-bond acceptors (Lipinski definition) is 2. The molecule has 0 atom stereocenters. The highest BCUT2D eigenvalue weighted by Gasteiger charge is 2.28. The molecule has 1 aliphatic heterocycles. The first-order valence-corrected chi connectivity index (χ1v) is 7.87. The summed E-state index contributed by atoms with van der Waals surface area (Å²) in [4.78, 5) is 15.9. The standard InChI is InChI=1S/C20H14N2O2/c23-17-8-4-2-5-11(17)13-9-16-18(14-10-21-20(24)19(13)14)12-6-1-3-7-15(12)22-16/h1-9,22-23H,10H2,(H,21,24). The number of aromatic nitrogens is 1. The number of hydrogen-bond donors (Lipinski definition) is 3. The van der Waals surface area contributed by atoms with Crippen molar-refractivity contribution < 1.29 is 9.90 Å². The Labute approximate surface area is 137 Å². The number of fused-ring (bicyclic) bond motifs is 5. The van der Waals surface area contributed by atoms with Gasteiger partial charge in [-0.3, -0.25) is 4.79 Å². The van der Waals surface area contributed by atoms with E-state index in [0.717, 1.165) is 32.9 Å².